The summed E-state index contributed by atoms with van der Waals surface area (Å²) in [5, 5.41) is 11.3. The van der Waals surface area contributed by atoms with E-state index in [9.17, 15) is 5.11 Å². The van der Waals surface area contributed by atoms with Gasteiger partial charge < -0.3 is 14.6 Å². The van der Waals surface area contributed by atoms with Crippen molar-refractivity contribution in [1.29, 1.82) is 0 Å². The summed E-state index contributed by atoms with van der Waals surface area (Å²) in [6, 6.07) is 14.2. The number of nitrogens with zero attached hydrogens (tertiary/aromatic N) is 1. The molecule has 1 N–H and O–H groups in total. The van der Waals surface area contributed by atoms with E-state index in [0.29, 0.717) is 11.6 Å². The number of ether oxygens (including phenoxy) is 2. The molecular weight excluding hydrogens is 254 g/mol. The highest BCUT2D eigenvalue weighted by Crippen LogP contribution is 2.30. The Morgan fingerprint density at radius 3 is 2.70 bits per heavy atom. The van der Waals surface area contributed by atoms with Crippen molar-refractivity contribution in [1.82, 2.24) is 4.98 Å². The quantitative estimate of drug-likeness (QED) is 0.785. The zero-order valence-electron chi connectivity index (χ0n) is 10.9. The van der Waals surface area contributed by atoms with Crippen molar-refractivity contribution in [2.45, 2.75) is 0 Å². The maximum atomic E-state index is 9.46. The molecule has 100 valence electrons. The van der Waals surface area contributed by atoms with E-state index < -0.39 is 0 Å². The number of phenols is 1. The number of pyridine rings is 1. The molecular formula is C16H13NO3. The molecule has 0 aliphatic rings. The number of rotatable bonds is 3. The minimum absolute atomic E-state index is 0.157. The summed E-state index contributed by atoms with van der Waals surface area (Å²) in [6.07, 6.45) is 1.68. The van der Waals surface area contributed by atoms with Crippen LogP contribution in [0.25, 0.3) is 10.8 Å². The van der Waals surface area contributed by atoms with Crippen molar-refractivity contribution in [2.24, 2.45) is 0 Å². The van der Waals surface area contributed by atoms with Crippen molar-refractivity contribution < 1.29 is 14.6 Å². The van der Waals surface area contributed by atoms with Crippen LogP contribution >= 0.6 is 0 Å². The molecule has 3 aromatic rings. The Labute approximate surface area is 116 Å². The van der Waals surface area contributed by atoms with E-state index in [1.54, 1.807) is 37.6 Å². The number of benzene rings is 2. The van der Waals surface area contributed by atoms with Crippen molar-refractivity contribution in [3.63, 3.8) is 0 Å². The average Bonchev–Trinajstić information content (AvgIpc) is 2.47. The lowest BCUT2D eigenvalue weighted by atomic mass is 10.1. The molecule has 0 atom stereocenters. The first-order valence-electron chi connectivity index (χ1n) is 6.16. The Morgan fingerprint density at radius 2 is 1.90 bits per heavy atom. The number of phenolic OH excluding ortho intramolecular Hbond substituents is 1. The Bertz CT molecular complexity index is 756. The Morgan fingerprint density at radius 1 is 1.00 bits per heavy atom. The highest BCUT2D eigenvalue weighted by atomic mass is 16.5. The average molecular weight is 267 g/mol. The number of methoxy groups -OCH3 is 1. The van der Waals surface area contributed by atoms with Gasteiger partial charge in [-0.3, -0.25) is 0 Å². The molecule has 2 aromatic carbocycles. The van der Waals surface area contributed by atoms with Gasteiger partial charge in [-0.05, 0) is 41.8 Å². The molecule has 4 nitrogen and oxygen atoms in total. The molecule has 0 unspecified atom stereocenters. The molecule has 0 saturated heterocycles. The second-order valence-electron chi connectivity index (χ2n) is 4.30. The third kappa shape index (κ3) is 2.36. The van der Waals surface area contributed by atoms with Crippen LogP contribution in [0.3, 0.4) is 0 Å². The van der Waals surface area contributed by atoms with Gasteiger partial charge >= 0.3 is 0 Å². The van der Waals surface area contributed by atoms with Crippen molar-refractivity contribution in [3.05, 3.63) is 54.7 Å². The lowest BCUT2D eigenvalue weighted by Gasteiger charge is -2.09. The molecule has 0 bridgehead atoms. The molecule has 1 heterocycles. The summed E-state index contributed by atoms with van der Waals surface area (Å²) in [5.41, 5.74) is 0. The molecule has 0 spiro atoms. The summed E-state index contributed by atoms with van der Waals surface area (Å²) in [6.45, 7) is 0. The molecule has 0 radical (unpaired) electrons. The number of aromatic nitrogens is 1. The fraction of sp³-hybridized carbons (Fsp3) is 0.0625. The number of hydrogen-bond acceptors (Lipinski definition) is 4. The van der Waals surface area contributed by atoms with Crippen LogP contribution in [0.15, 0.2) is 54.7 Å². The van der Waals surface area contributed by atoms with Gasteiger partial charge in [0.1, 0.15) is 17.2 Å². The first-order chi connectivity index (χ1) is 9.76. The molecule has 4 heteroatoms. The number of hydrogen-bond donors (Lipinski definition) is 1. The third-order valence-corrected chi connectivity index (χ3v) is 2.97. The first-order valence-corrected chi connectivity index (χ1v) is 6.16. The number of fused-ring (bicyclic) bond motifs is 1. The molecule has 0 saturated carbocycles. The van der Waals surface area contributed by atoms with Gasteiger partial charge in [-0.1, -0.05) is 6.07 Å². The standard InChI is InChI=1S/C16H13NO3/c1-19-13-5-6-15-11(9-13)7-8-17-16(15)20-14-4-2-3-12(18)10-14/h2-10,18H,1H3. The van der Waals surface area contributed by atoms with E-state index in [-0.39, 0.29) is 5.75 Å². The molecule has 0 aliphatic heterocycles. The second kappa shape index (κ2) is 5.09. The number of aromatic hydroxyl groups is 1. The predicted molar refractivity (Wildman–Crippen MR) is 76.5 cm³/mol. The van der Waals surface area contributed by atoms with Gasteiger partial charge in [0.05, 0.1) is 7.11 Å². The van der Waals surface area contributed by atoms with E-state index in [1.165, 1.54) is 0 Å². The maximum Gasteiger partial charge on any atom is 0.227 e. The van der Waals surface area contributed by atoms with Crippen LogP contribution in [0.4, 0.5) is 0 Å². The van der Waals surface area contributed by atoms with Crippen LogP contribution in [-0.2, 0) is 0 Å². The zero-order valence-corrected chi connectivity index (χ0v) is 10.9. The van der Waals surface area contributed by atoms with Crippen LogP contribution in [0.1, 0.15) is 0 Å². The fourth-order valence-electron chi connectivity index (χ4n) is 2.00. The molecule has 20 heavy (non-hydrogen) atoms. The maximum absolute atomic E-state index is 9.46. The molecule has 3 rings (SSSR count). The highest BCUT2D eigenvalue weighted by Gasteiger charge is 2.06. The first kappa shape index (κ1) is 12.3. The van der Waals surface area contributed by atoms with Crippen LogP contribution in [0, 0.1) is 0 Å². The minimum Gasteiger partial charge on any atom is -0.508 e. The summed E-state index contributed by atoms with van der Waals surface area (Å²) < 4.78 is 10.9. The molecule has 0 aliphatic carbocycles. The molecule has 0 fully saturated rings. The zero-order chi connectivity index (χ0) is 13.9. The summed E-state index contributed by atoms with van der Waals surface area (Å²) in [5.74, 6) is 1.98. The largest absolute Gasteiger partial charge is 0.508 e. The summed E-state index contributed by atoms with van der Waals surface area (Å²) in [7, 11) is 1.63. The summed E-state index contributed by atoms with van der Waals surface area (Å²) >= 11 is 0. The van der Waals surface area contributed by atoms with E-state index in [0.717, 1.165) is 16.5 Å². The molecule has 0 amide bonds. The monoisotopic (exact) mass is 267 g/mol. The van der Waals surface area contributed by atoms with Crippen molar-refractivity contribution in [2.75, 3.05) is 7.11 Å². The van der Waals surface area contributed by atoms with E-state index in [4.69, 9.17) is 9.47 Å². The Kier molecular flexibility index (Phi) is 3.13. The lowest BCUT2D eigenvalue weighted by Crippen LogP contribution is -1.90. The Balaban J connectivity index is 2.03. The van der Waals surface area contributed by atoms with Crippen LogP contribution in [-0.4, -0.2) is 17.2 Å². The van der Waals surface area contributed by atoms with Crippen molar-refractivity contribution in [3.8, 4) is 23.1 Å². The van der Waals surface area contributed by atoms with E-state index >= 15 is 0 Å². The smallest absolute Gasteiger partial charge is 0.227 e. The van der Waals surface area contributed by atoms with E-state index in [1.807, 2.05) is 24.3 Å². The van der Waals surface area contributed by atoms with Crippen LogP contribution in [0.5, 0.6) is 23.1 Å². The van der Waals surface area contributed by atoms with Gasteiger partial charge in [0, 0.05) is 17.6 Å². The fourth-order valence-corrected chi connectivity index (χ4v) is 2.00. The van der Waals surface area contributed by atoms with Crippen LogP contribution < -0.4 is 9.47 Å². The Hall–Kier alpha value is -2.75. The minimum atomic E-state index is 0.157. The topological polar surface area (TPSA) is 51.6 Å². The SMILES string of the molecule is COc1ccc2c(Oc3cccc(O)c3)nccc2c1. The van der Waals surface area contributed by atoms with Gasteiger partial charge in [-0.2, -0.15) is 0 Å². The van der Waals surface area contributed by atoms with E-state index in [2.05, 4.69) is 4.98 Å². The van der Waals surface area contributed by atoms with Gasteiger partial charge in [0.2, 0.25) is 5.88 Å². The normalized spacial score (nSPS) is 10.4. The predicted octanol–water partition coefficient (Wildman–Crippen LogP) is 3.74. The van der Waals surface area contributed by atoms with Gasteiger partial charge in [-0.25, -0.2) is 4.98 Å². The third-order valence-electron chi connectivity index (χ3n) is 2.97. The summed E-state index contributed by atoms with van der Waals surface area (Å²) in [4.78, 5) is 4.24. The van der Waals surface area contributed by atoms with Gasteiger partial charge in [0.15, 0.2) is 0 Å². The van der Waals surface area contributed by atoms with Gasteiger partial charge in [0.25, 0.3) is 0 Å². The van der Waals surface area contributed by atoms with Crippen LogP contribution in [0.2, 0.25) is 0 Å². The van der Waals surface area contributed by atoms with Crippen molar-refractivity contribution >= 4 is 10.8 Å². The van der Waals surface area contributed by atoms with Gasteiger partial charge in [-0.15, -0.1) is 0 Å². The second-order valence-corrected chi connectivity index (χ2v) is 4.30. The highest BCUT2D eigenvalue weighted by molar-refractivity contribution is 5.88. The molecule has 1 aromatic heterocycles. The lowest BCUT2D eigenvalue weighted by molar-refractivity contribution is 0.415.